The van der Waals surface area contributed by atoms with Gasteiger partial charge in [-0.1, -0.05) is 0 Å². The fourth-order valence-corrected chi connectivity index (χ4v) is 3.03. The molecule has 0 bridgehead atoms. The number of carbonyl (C=O) groups is 2. The molecule has 0 saturated heterocycles. The molecule has 1 amide bonds. The zero-order chi connectivity index (χ0) is 19.2. The van der Waals surface area contributed by atoms with Crippen molar-refractivity contribution >= 4 is 23.3 Å². The smallest absolute Gasteiger partial charge is 0.371 e. The molecule has 0 aliphatic rings. The number of aromatic nitrogens is 2. The molecular weight excluding hydrogens is 334 g/mol. The van der Waals surface area contributed by atoms with Crippen LogP contribution in [0.25, 0.3) is 17.1 Å². The van der Waals surface area contributed by atoms with Crippen molar-refractivity contribution in [2.45, 2.75) is 40.2 Å². The SMILES string of the molecule is CC(=O)N(c1c(-c2ccc(C(=O)O)o2)nc2cc(C)ccn12)C(C)(C)C. The Labute approximate surface area is 150 Å². The predicted molar refractivity (Wildman–Crippen MR) is 97.5 cm³/mol. The number of nitrogens with zero attached hydrogens (tertiary/aromatic N) is 3. The monoisotopic (exact) mass is 355 g/mol. The van der Waals surface area contributed by atoms with Gasteiger partial charge in [-0.05, 0) is 57.5 Å². The first kappa shape index (κ1) is 17.7. The average molecular weight is 355 g/mol. The van der Waals surface area contributed by atoms with Gasteiger partial charge in [0, 0.05) is 18.7 Å². The number of pyridine rings is 1. The normalized spacial score (nSPS) is 11.7. The highest BCUT2D eigenvalue weighted by molar-refractivity contribution is 5.96. The molecule has 0 spiro atoms. The topological polar surface area (TPSA) is 88.0 Å². The number of carboxylic acid groups (broad SMARTS) is 1. The molecule has 0 saturated carbocycles. The number of hydrogen-bond donors (Lipinski definition) is 1. The Morgan fingerprint density at radius 1 is 1.23 bits per heavy atom. The summed E-state index contributed by atoms with van der Waals surface area (Å²) in [7, 11) is 0. The number of hydrogen-bond acceptors (Lipinski definition) is 4. The average Bonchev–Trinajstić information content (AvgIpc) is 3.10. The number of fused-ring (bicyclic) bond motifs is 1. The Hall–Kier alpha value is -3.09. The molecule has 3 rings (SSSR count). The van der Waals surface area contributed by atoms with Gasteiger partial charge in [-0.15, -0.1) is 0 Å². The van der Waals surface area contributed by atoms with E-state index in [9.17, 15) is 9.59 Å². The summed E-state index contributed by atoms with van der Waals surface area (Å²) in [6, 6.07) is 6.76. The zero-order valence-electron chi connectivity index (χ0n) is 15.4. The van der Waals surface area contributed by atoms with Gasteiger partial charge in [0.05, 0.1) is 0 Å². The summed E-state index contributed by atoms with van der Waals surface area (Å²) < 4.78 is 7.28. The summed E-state index contributed by atoms with van der Waals surface area (Å²) >= 11 is 0. The first-order chi connectivity index (χ1) is 12.1. The Morgan fingerprint density at radius 3 is 2.46 bits per heavy atom. The van der Waals surface area contributed by atoms with Crippen LogP contribution in [-0.2, 0) is 4.79 Å². The van der Waals surface area contributed by atoms with E-state index < -0.39 is 11.5 Å². The molecule has 0 aliphatic heterocycles. The molecule has 26 heavy (non-hydrogen) atoms. The highest BCUT2D eigenvalue weighted by Crippen LogP contribution is 2.36. The maximum atomic E-state index is 12.5. The molecule has 7 nitrogen and oxygen atoms in total. The van der Waals surface area contributed by atoms with Gasteiger partial charge in [0.15, 0.2) is 11.6 Å². The van der Waals surface area contributed by atoms with Gasteiger partial charge in [0.25, 0.3) is 0 Å². The minimum Gasteiger partial charge on any atom is -0.475 e. The standard InChI is InChI=1S/C19H21N3O4/c1-11-8-9-21-15(10-11)20-16(13-6-7-14(26-13)18(24)25)17(21)22(12(2)23)19(3,4)5/h6-10H,1-5H3,(H,24,25). The number of aromatic carboxylic acids is 1. The van der Waals surface area contributed by atoms with Crippen LogP contribution in [-0.4, -0.2) is 31.9 Å². The third kappa shape index (κ3) is 2.96. The van der Waals surface area contributed by atoms with E-state index in [4.69, 9.17) is 9.52 Å². The zero-order valence-corrected chi connectivity index (χ0v) is 15.4. The lowest BCUT2D eigenvalue weighted by Gasteiger charge is -2.34. The Bertz CT molecular complexity index is 1010. The van der Waals surface area contributed by atoms with Crippen molar-refractivity contribution in [1.29, 1.82) is 0 Å². The van der Waals surface area contributed by atoms with Crippen LogP contribution >= 0.6 is 0 Å². The van der Waals surface area contributed by atoms with Gasteiger partial charge < -0.3 is 9.52 Å². The third-order valence-electron chi connectivity index (χ3n) is 4.00. The quantitative estimate of drug-likeness (QED) is 0.773. The first-order valence-corrected chi connectivity index (χ1v) is 8.22. The Balaban J connectivity index is 2.34. The van der Waals surface area contributed by atoms with Crippen molar-refractivity contribution in [3.8, 4) is 11.5 Å². The van der Waals surface area contributed by atoms with Crippen LogP contribution in [0.4, 0.5) is 5.82 Å². The van der Waals surface area contributed by atoms with Crippen molar-refractivity contribution < 1.29 is 19.1 Å². The van der Waals surface area contributed by atoms with E-state index in [2.05, 4.69) is 4.98 Å². The number of imidazole rings is 1. The number of rotatable bonds is 3. The second-order valence-corrected chi connectivity index (χ2v) is 7.21. The summed E-state index contributed by atoms with van der Waals surface area (Å²) in [5.74, 6) is -0.632. The molecule has 0 fully saturated rings. The van der Waals surface area contributed by atoms with Crippen molar-refractivity contribution in [2.24, 2.45) is 0 Å². The minimum absolute atomic E-state index is 0.147. The van der Waals surface area contributed by atoms with Crippen LogP contribution in [0.1, 0.15) is 43.8 Å². The summed E-state index contributed by atoms with van der Waals surface area (Å²) in [5, 5.41) is 9.13. The molecule has 7 heteroatoms. The van der Waals surface area contributed by atoms with E-state index in [1.807, 2.05) is 50.4 Å². The van der Waals surface area contributed by atoms with E-state index in [0.717, 1.165) is 5.56 Å². The number of carbonyl (C=O) groups excluding carboxylic acids is 1. The van der Waals surface area contributed by atoms with E-state index >= 15 is 0 Å². The van der Waals surface area contributed by atoms with Gasteiger partial charge in [0.1, 0.15) is 11.3 Å². The number of furan rings is 1. The lowest BCUT2D eigenvalue weighted by molar-refractivity contribution is -0.117. The molecular formula is C19H21N3O4. The van der Waals surface area contributed by atoms with Gasteiger partial charge in [-0.2, -0.15) is 0 Å². The first-order valence-electron chi connectivity index (χ1n) is 8.22. The molecule has 136 valence electrons. The summed E-state index contributed by atoms with van der Waals surface area (Å²) in [4.78, 5) is 29.9. The number of aryl methyl sites for hydroxylation is 1. The van der Waals surface area contributed by atoms with Crippen LogP contribution in [0.3, 0.4) is 0 Å². The second kappa shape index (κ2) is 6.01. The van der Waals surface area contributed by atoms with Crippen LogP contribution in [0.15, 0.2) is 34.9 Å². The van der Waals surface area contributed by atoms with Crippen LogP contribution in [0.5, 0.6) is 0 Å². The maximum absolute atomic E-state index is 12.5. The Morgan fingerprint density at radius 2 is 1.92 bits per heavy atom. The van der Waals surface area contributed by atoms with Crippen molar-refractivity contribution in [2.75, 3.05) is 4.90 Å². The van der Waals surface area contributed by atoms with E-state index in [1.54, 1.807) is 11.0 Å². The fraction of sp³-hybridized carbons (Fsp3) is 0.316. The van der Waals surface area contributed by atoms with E-state index in [1.165, 1.54) is 13.0 Å². The molecule has 0 aromatic carbocycles. The maximum Gasteiger partial charge on any atom is 0.371 e. The molecule has 1 N–H and O–H groups in total. The predicted octanol–water partition coefficient (Wildman–Crippen LogP) is 3.75. The molecule has 3 heterocycles. The van der Waals surface area contributed by atoms with E-state index in [0.29, 0.717) is 22.9 Å². The number of carboxylic acids is 1. The number of amides is 1. The van der Waals surface area contributed by atoms with Gasteiger partial charge in [-0.3, -0.25) is 14.1 Å². The minimum atomic E-state index is -1.16. The Kier molecular flexibility index (Phi) is 4.10. The molecule has 0 atom stereocenters. The highest BCUT2D eigenvalue weighted by atomic mass is 16.4. The lowest BCUT2D eigenvalue weighted by Crippen LogP contribution is -2.45. The molecule has 0 radical (unpaired) electrons. The van der Waals surface area contributed by atoms with Gasteiger partial charge >= 0.3 is 5.97 Å². The van der Waals surface area contributed by atoms with Crippen LogP contribution in [0, 0.1) is 6.92 Å². The van der Waals surface area contributed by atoms with Crippen molar-refractivity contribution in [3.63, 3.8) is 0 Å². The lowest BCUT2D eigenvalue weighted by atomic mass is 10.1. The fourth-order valence-electron chi connectivity index (χ4n) is 3.03. The molecule has 0 aliphatic carbocycles. The molecule has 3 aromatic heterocycles. The van der Waals surface area contributed by atoms with Crippen LogP contribution < -0.4 is 4.90 Å². The molecule has 3 aromatic rings. The third-order valence-corrected chi connectivity index (χ3v) is 4.00. The second-order valence-electron chi connectivity index (χ2n) is 7.21. The van der Waals surface area contributed by atoms with Crippen molar-refractivity contribution in [3.05, 3.63) is 41.8 Å². The summed E-state index contributed by atoms with van der Waals surface area (Å²) in [6.07, 6.45) is 1.85. The summed E-state index contributed by atoms with van der Waals surface area (Å²) in [5.41, 5.74) is 1.59. The van der Waals surface area contributed by atoms with Crippen LogP contribution in [0.2, 0.25) is 0 Å². The van der Waals surface area contributed by atoms with E-state index in [-0.39, 0.29) is 11.7 Å². The van der Waals surface area contributed by atoms with Crippen molar-refractivity contribution in [1.82, 2.24) is 9.38 Å². The van der Waals surface area contributed by atoms with Gasteiger partial charge in [-0.25, -0.2) is 9.78 Å². The number of anilines is 1. The molecule has 0 unspecified atom stereocenters. The van der Waals surface area contributed by atoms with Gasteiger partial charge in [0.2, 0.25) is 11.7 Å². The summed E-state index contributed by atoms with van der Waals surface area (Å²) in [6.45, 7) is 9.23. The largest absolute Gasteiger partial charge is 0.475 e. The highest BCUT2D eigenvalue weighted by Gasteiger charge is 2.32.